The second kappa shape index (κ2) is 6.93. The second-order valence-electron chi connectivity index (χ2n) is 5.11. The smallest absolute Gasteiger partial charge is 0.224 e. The number of unbranched alkanes of at least 4 members (excludes halogenated alkanes) is 2. The van der Waals surface area contributed by atoms with E-state index in [4.69, 9.17) is 0 Å². The summed E-state index contributed by atoms with van der Waals surface area (Å²) in [6.45, 7) is 5.30. The van der Waals surface area contributed by atoms with Gasteiger partial charge in [0.25, 0.3) is 0 Å². The highest BCUT2D eigenvalue weighted by Gasteiger charge is 2.04. The van der Waals surface area contributed by atoms with Crippen LogP contribution in [0.25, 0.3) is 0 Å². The van der Waals surface area contributed by atoms with Crippen LogP contribution < -0.4 is 5.32 Å². The monoisotopic (exact) mass is 274 g/mol. The summed E-state index contributed by atoms with van der Waals surface area (Å²) in [5.74, 6) is 0.0553. The molecule has 0 aliphatic carbocycles. The molecule has 0 bridgehead atoms. The van der Waals surface area contributed by atoms with Crippen molar-refractivity contribution in [2.75, 3.05) is 5.32 Å². The van der Waals surface area contributed by atoms with E-state index in [2.05, 4.69) is 46.1 Å². The van der Waals surface area contributed by atoms with Crippen LogP contribution in [-0.2, 0) is 11.3 Å². The first kappa shape index (κ1) is 14.4. The number of H-pyrrole nitrogens is 1. The van der Waals surface area contributed by atoms with Gasteiger partial charge >= 0.3 is 0 Å². The highest BCUT2D eigenvalue weighted by molar-refractivity contribution is 5.90. The normalized spacial score (nSPS) is 10.7. The van der Waals surface area contributed by atoms with Gasteiger partial charge in [-0.2, -0.15) is 5.10 Å². The molecule has 0 fully saturated rings. The largest absolute Gasteiger partial charge is 0.349 e. The summed E-state index contributed by atoms with van der Waals surface area (Å²) in [7, 11) is 0. The lowest BCUT2D eigenvalue weighted by Gasteiger charge is -2.09. The zero-order chi connectivity index (χ0) is 14.4. The quantitative estimate of drug-likeness (QED) is 0.762. The Morgan fingerprint density at radius 3 is 2.65 bits per heavy atom. The van der Waals surface area contributed by atoms with Gasteiger partial charge in [0.15, 0.2) is 0 Å². The van der Waals surface area contributed by atoms with Gasteiger partial charge in [0, 0.05) is 30.6 Å². The van der Waals surface area contributed by atoms with E-state index in [9.17, 15) is 4.79 Å². The van der Waals surface area contributed by atoms with Crippen LogP contribution in [0.2, 0.25) is 0 Å². The summed E-state index contributed by atoms with van der Waals surface area (Å²) in [5.41, 5.74) is 3.34. The molecule has 5 heteroatoms. The Balaban J connectivity index is 1.61. The van der Waals surface area contributed by atoms with Gasteiger partial charge in [-0.1, -0.05) is 6.42 Å². The van der Waals surface area contributed by atoms with E-state index in [1.165, 1.54) is 11.4 Å². The van der Waals surface area contributed by atoms with Crippen molar-refractivity contribution in [2.24, 2.45) is 0 Å². The van der Waals surface area contributed by atoms with E-state index in [-0.39, 0.29) is 5.91 Å². The van der Waals surface area contributed by atoms with Crippen LogP contribution in [0, 0.1) is 13.8 Å². The first-order chi connectivity index (χ1) is 9.66. The molecule has 1 amide bonds. The summed E-state index contributed by atoms with van der Waals surface area (Å²) in [6, 6.07) is 4.29. The molecule has 2 heterocycles. The van der Waals surface area contributed by atoms with Crippen molar-refractivity contribution in [1.29, 1.82) is 0 Å². The molecule has 0 aliphatic rings. The number of hydrogen-bond acceptors (Lipinski definition) is 2. The lowest BCUT2D eigenvalue weighted by atomic mass is 10.2. The summed E-state index contributed by atoms with van der Waals surface area (Å²) in [6.07, 6.45) is 6.94. The maximum absolute atomic E-state index is 11.7. The minimum absolute atomic E-state index is 0.0553. The van der Waals surface area contributed by atoms with Gasteiger partial charge in [0.2, 0.25) is 5.91 Å². The van der Waals surface area contributed by atoms with Crippen LogP contribution >= 0.6 is 0 Å². The molecule has 2 aromatic heterocycles. The minimum atomic E-state index is 0.0553. The molecule has 5 nitrogen and oxygen atoms in total. The van der Waals surface area contributed by atoms with Gasteiger partial charge in [0.1, 0.15) is 0 Å². The molecule has 2 rings (SSSR count). The number of hydrogen-bond donors (Lipinski definition) is 2. The molecule has 0 aromatic carbocycles. The average Bonchev–Trinajstić information content (AvgIpc) is 3.02. The third-order valence-electron chi connectivity index (χ3n) is 3.48. The van der Waals surface area contributed by atoms with E-state index in [1.807, 2.05) is 0 Å². The van der Waals surface area contributed by atoms with Crippen molar-refractivity contribution in [3.05, 3.63) is 35.9 Å². The van der Waals surface area contributed by atoms with Crippen molar-refractivity contribution >= 4 is 11.6 Å². The van der Waals surface area contributed by atoms with E-state index < -0.39 is 0 Å². The Morgan fingerprint density at radius 1 is 1.25 bits per heavy atom. The standard InChI is InChI=1S/C15H22N4O/c1-12-7-8-13(2)19(12)9-5-3-4-6-15(20)18-14-10-16-17-11-14/h7-8,10-11H,3-6,9H2,1-2H3,(H,16,17)(H,18,20). The molecule has 20 heavy (non-hydrogen) atoms. The summed E-state index contributed by atoms with van der Waals surface area (Å²) in [5, 5.41) is 9.26. The van der Waals surface area contributed by atoms with Gasteiger partial charge in [-0.25, -0.2) is 0 Å². The van der Waals surface area contributed by atoms with Crippen molar-refractivity contribution in [3.63, 3.8) is 0 Å². The zero-order valence-corrected chi connectivity index (χ0v) is 12.1. The number of rotatable bonds is 7. The summed E-state index contributed by atoms with van der Waals surface area (Å²) < 4.78 is 2.32. The van der Waals surface area contributed by atoms with E-state index >= 15 is 0 Å². The number of nitrogens with zero attached hydrogens (tertiary/aromatic N) is 2. The molecule has 2 N–H and O–H groups in total. The Morgan fingerprint density at radius 2 is 2.00 bits per heavy atom. The fourth-order valence-corrected chi connectivity index (χ4v) is 2.33. The van der Waals surface area contributed by atoms with Crippen molar-refractivity contribution < 1.29 is 4.79 Å². The molecule has 0 unspecified atom stereocenters. The maximum atomic E-state index is 11.7. The topological polar surface area (TPSA) is 62.7 Å². The molecular formula is C15H22N4O. The molecule has 2 aromatic rings. The Hall–Kier alpha value is -2.04. The van der Waals surface area contributed by atoms with Crippen molar-refractivity contribution in [2.45, 2.75) is 46.1 Å². The number of nitrogens with one attached hydrogen (secondary N) is 2. The number of carbonyl (C=O) groups is 1. The van der Waals surface area contributed by atoms with Crippen LogP contribution in [0.15, 0.2) is 24.5 Å². The predicted octanol–water partition coefficient (Wildman–Crippen LogP) is 3.03. The minimum Gasteiger partial charge on any atom is -0.349 e. The average molecular weight is 274 g/mol. The zero-order valence-electron chi connectivity index (χ0n) is 12.1. The Bertz CT molecular complexity index is 523. The first-order valence-corrected chi connectivity index (χ1v) is 7.08. The number of aromatic nitrogens is 3. The lowest BCUT2D eigenvalue weighted by molar-refractivity contribution is -0.116. The maximum Gasteiger partial charge on any atom is 0.224 e. The number of aromatic amines is 1. The molecular weight excluding hydrogens is 252 g/mol. The van der Waals surface area contributed by atoms with Gasteiger partial charge in [-0.15, -0.1) is 0 Å². The SMILES string of the molecule is Cc1ccc(C)n1CCCCCC(=O)Nc1cn[nH]c1. The van der Waals surface area contributed by atoms with Crippen molar-refractivity contribution in [1.82, 2.24) is 14.8 Å². The third kappa shape index (κ3) is 3.98. The van der Waals surface area contributed by atoms with Crippen molar-refractivity contribution in [3.8, 4) is 0 Å². The Kier molecular flexibility index (Phi) is 4.98. The van der Waals surface area contributed by atoms with Gasteiger partial charge < -0.3 is 9.88 Å². The van der Waals surface area contributed by atoms with Crippen LogP contribution in [0.5, 0.6) is 0 Å². The molecule has 0 atom stereocenters. The van der Waals surface area contributed by atoms with Crippen LogP contribution in [0.1, 0.15) is 37.1 Å². The fourth-order valence-electron chi connectivity index (χ4n) is 2.33. The Labute approximate surface area is 119 Å². The number of anilines is 1. The second-order valence-corrected chi connectivity index (χ2v) is 5.11. The van der Waals surface area contributed by atoms with E-state index in [1.54, 1.807) is 12.4 Å². The summed E-state index contributed by atoms with van der Waals surface area (Å²) >= 11 is 0. The number of carbonyl (C=O) groups excluding carboxylic acids is 1. The lowest BCUT2D eigenvalue weighted by Crippen LogP contribution is -2.10. The van der Waals surface area contributed by atoms with Crippen LogP contribution in [0.4, 0.5) is 5.69 Å². The van der Waals surface area contributed by atoms with Gasteiger partial charge in [-0.05, 0) is 38.8 Å². The highest BCUT2D eigenvalue weighted by Crippen LogP contribution is 2.11. The predicted molar refractivity (Wildman–Crippen MR) is 79.6 cm³/mol. The molecule has 0 spiro atoms. The number of aryl methyl sites for hydroxylation is 2. The third-order valence-corrected chi connectivity index (χ3v) is 3.48. The number of amides is 1. The van der Waals surface area contributed by atoms with E-state index in [0.717, 1.165) is 31.5 Å². The van der Waals surface area contributed by atoms with Crippen LogP contribution in [-0.4, -0.2) is 20.7 Å². The first-order valence-electron chi connectivity index (χ1n) is 7.08. The molecule has 0 saturated carbocycles. The highest BCUT2D eigenvalue weighted by atomic mass is 16.1. The molecule has 0 aliphatic heterocycles. The van der Waals surface area contributed by atoms with Gasteiger partial charge in [0.05, 0.1) is 11.9 Å². The van der Waals surface area contributed by atoms with Crippen LogP contribution in [0.3, 0.4) is 0 Å². The van der Waals surface area contributed by atoms with Gasteiger partial charge in [-0.3, -0.25) is 9.89 Å². The fraction of sp³-hybridized carbons (Fsp3) is 0.467. The summed E-state index contributed by atoms with van der Waals surface area (Å²) in [4.78, 5) is 11.7. The molecule has 0 radical (unpaired) electrons. The molecule has 0 saturated heterocycles. The molecule has 108 valence electrons. The van der Waals surface area contributed by atoms with E-state index in [0.29, 0.717) is 6.42 Å².